The van der Waals surface area contributed by atoms with Gasteiger partial charge in [0.1, 0.15) is 18.2 Å². The van der Waals surface area contributed by atoms with Crippen LogP contribution in [0.4, 0.5) is 10.2 Å². The zero-order valence-electron chi connectivity index (χ0n) is 22.7. The topological polar surface area (TPSA) is 76.5 Å². The van der Waals surface area contributed by atoms with Gasteiger partial charge in [-0.3, -0.25) is 14.5 Å². The third kappa shape index (κ3) is 5.52. The van der Waals surface area contributed by atoms with Crippen molar-refractivity contribution in [2.24, 2.45) is 0 Å². The zero-order valence-corrected chi connectivity index (χ0v) is 23.5. The summed E-state index contributed by atoms with van der Waals surface area (Å²) in [6.45, 7) is 4.55. The molecule has 0 fully saturated rings. The molecule has 0 radical (unpaired) electrons. The Labute approximate surface area is 237 Å². The van der Waals surface area contributed by atoms with Crippen LogP contribution in [0.15, 0.2) is 72.8 Å². The van der Waals surface area contributed by atoms with Gasteiger partial charge in [0, 0.05) is 24.8 Å². The summed E-state index contributed by atoms with van der Waals surface area (Å²) in [4.78, 5) is 28.3. The summed E-state index contributed by atoms with van der Waals surface area (Å²) in [5, 5.41) is 7.53. The fourth-order valence-electron chi connectivity index (χ4n) is 4.89. The van der Waals surface area contributed by atoms with E-state index < -0.39 is 5.25 Å². The molecule has 1 aromatic heterocycles. The van der Waals surface area contributed by atoms with Gasteiger partial charge >= 0.3 is 0 Å². The van der Waals surface area contributed by atoms with Crippen LogP contribution >= 0.6 is 11.8 Å². The Morgan fingerprint density at radius 2 is 1.88 bits per heavy atom. The first kappa shape index (κ1) is 27.6. The fourth-order valence-corrected chi connectivity index (χ4v) is 6.07. The Hall–Kier alpha value is -3.95. The van der Waals surface area contributed by atoms with Crippen LogP contribution in [0.3, 0.4) is 0 Å². The number of carbonyl (C=O) groups excluding carboxylic acids is 2. The maximum Gasteiger partial charge on any atom is 0.240 e. The Morgan fingerprint density at radius 3 is 2.62 bits per heavy atom. The molecule has 40 heavy (non-hydrogen) atoms. The highest BCUT2D eigenvalue weighted by atomic mass is 32.2. The number of aryl methyl sites for hydroxylation is 1. The van der Waals surface area contributed by atoms with Crippen LogP contribution < -0.4 is 10.2 Å². The van der Waals surface area contributed by atoms with Crippen LogP contribution in [0.1, 0.15) is 27.5 Å². The number of amides is 2. The molecule has 0 spiro atoms. The van der Waals surface area contributed by atoms with Crippen molar-refractivity contribution in [3.8, 4) is 16.9 Å². The van der Waals surface area contributed by atoms with E-state index in [1.807, 2.05) is 68.4 Å². The molecule has 2 amide bonds. The molecule has 2 heterocycles. The van der Waals surface area contributed by atoms with Crippen LogP contribution in [-0.4, -0.2) is 54.2 Å². The van der Waals surface area contributed by atoms with Gasteiger partial charge in [0.05, 0.1) is 29.0 Å². The van der Waals surface area contributed by atoms with E-state index in [1.54, 1.807) is 17.9 Å². The van der Waals surface area contributed by atoms with Gasteiger partial charge in [0.2, 0.25) is 11.8 Å². The number of halogens is 1. The lowest BCUT2D eigenvalue weighted by atomic mass is 9.99. The molecule has 7 nitrogen and oxygen atoms in total. The number of rotatable bonds is 8. The number of thioether (sulfide) groups is 1. The number of methoxy groups -OCH3 is 1. The van der Waals surface area contributed by atoms with Crippen molar-refractivity contribution in [3.05, 3.63) is 101 Å². The van der Waals surface area contributed by atoms with E-state index in [0.717, 1.165) is 33.5 Å². The van der Waals surface area contributed by atoms with Gasteiger partial charge < -0.3 is 10.1 Å². The molecule has 1 aliphatic heterocycles. The highest BCUT2D eigenvalue weighted by molar-refractivity contribution is 8.00. The van der Waals surface area contributed by atoms with E-state index in [2.05, 4.69) is 5.32 Å². The average molecular weight is 559 g/mol. The Balaban J connectivity index is 1.78. The summed E-state index contributed by atoms with van der Waals surface area (Å²) in [6.07, 6.45) is 0. The van der Waals surface area contributed by atoms with Gasteiger partial charge in [-0.1, -0.05) is 54.6 Å². The first-order chi connectivity index (χ1) is 19.4. The smallest absolute Gasteiger partial charge is 0.240 e. The molecule has 1 atom stereocenters. The van der Waals surface area contributed by atoms with E-state index in [4.69, 9.17) is 9.84 Å². The summed E-state index contributed by atoms with van der Waals surface area (Å²) in [6, 6.07) is 22.1. The Bertz CT molecular complexity index is 1540. The number of nitrogens with zero attached hydrogens (tertiary/aromatic N) is 3. The molecular weight excluding hydrogens is 527 g/mol. The molecule has 0 aliphatic carbocycles. The number of anilines is 1. The third-order valence-electron chi connectivity index (χ3n) is 7.02. The molecule has 206 valence electrons. The summed E-state index contributed by atoms with van der Waals surface area (Å²) >= 11 is 1.41. The quantitative estimate of drug-likeness (QED) is 0.300. The predicted molar refractivity (Wildman–Crippen MR) is 156 cm³/mol. The highest BCUT2D eigenvalue weighted by Crippen LogP contribution is 2.48. The number of ether oxygens (including phenoxy) is 1. The first-order valence-electron chi connectivity index (χ1n) is 13.1. The Morgan fingerprint density at radius 1 is 1.10 bits per heavy atom. The monoisotopic (exact) mass is 558 g/mol. The predicted octanol–water partition coefficient (Wildman–Crippen LogP) is 5.23. The molecular formula is C31H31FN4O3S. The minimum absolute atomic E-state index is 0.113. The lowest BCUT2D eigenvalue weighted by Gasteiger charge is -2.24. The van der Waals surface area contributed by atoms with E-state index >= 15 is 0 Å². The van der Waals surface area contributed by atoms with Crippen molar-refractivity contribution in [3.63, 3.8) is 0 Å². The second-order valence-electron chi connectivity index (χ2n) is 9.65. The van der Waals surface area contributed by atoms with Gasteiger partial charge in [-0.05, 0) is 48.7 Å². The van der Waals surface area contributed by atoms with E-state index in [1.165, 1.54) is 28.8 Å². The van der Waals surface area contributed by atoms with Gasteiger partial charge in [-0.2, -0.15) is 5.10 Å². The molecule has 5 rings (SSSR count). The molecule has 0 saturated heterocycles. The summed E-state index contributed by atoms with van der Waals surface area (Å²) in [5.41, 5.74) is 5.91. The van der Waals surface area contributed by atoms with Crippen molar-refractivity contribution < 1.29 is 18.7 Å². The Kier molecular flexibility index (Phi) is 8.32. The van der Waals surface area contributed by atoms with Crippen molar-refractivity contribution in [1.82, 2.24) is 15.1 Å². The van der Waals surface area contributed by atoms with Crippen LogP contribution in [0.25, 0.3) is 16.9 Å². The standard InChI is InChI=1S/C31H31FN4O3S/c1-20-9-7-14-25(21(20)2)36-31-28(29(34-36)22-10-5-4-6-11-22)30(23-12-8-13-24(32)17-23)40-19-27(38)35(31)18-26(37)33-15-16-39-3/h4-14,17,30H,15-16,18-19H2,1-3H3,(H,33,37)/t30-/m0/s1. The molecule has 3 aromatic carbocycles. The molecule has 1 N–H and O–H groups in total. The minimum atomic E-state index is -0.398. The third-order valence-corrected chi connectivity index (χ3v) is 8.28. The normalized spacial score (nSPS) is 15.1. The summed E-state index contributed by atoms with van der Waals surface area (Å²) < 4.78 is 21.3. The SMILES string of the molecule is COCCNC(=O)CN1C(=O)CS[C@@H](c2cccc(F)c2)c2c(-c3ccccc3)nn(-c3cccc(C)c3C)c21. The fraction of sp³-hybridized carbons (Fsp3) is 0.258. The van der Waals surface area contributed by atoms with Crippen LogP contribution in [0, 0.1) is 19.7 Å². The molecule has 1 aliphatic rings. The highest BCUT2D eigenvalue weighted by Gasteiger charge is 2.38. The second kappa shape index (κ2) is 12.1. The largest absolute Gasteiger partial charge is 0.383 e. The number of hydrogen-bond donors (Lipinski definition) is 1. The molecule has 9 heteroatoms. The van der Waals surface area contributed by atoms with E-state index in [-0.39, 0.29) is 29.9 Å². The van der Waals surface area contributed by atoms with Gasteiger partial charge in [-0.25, -0.2) is 9.07 Å². The number of aromatic nitrogens is 2. The van der Waals surface area contributed by atoms with Gasteiger partial charge in [-0.15, -0.1) is 11.8 Å². The summed E-state index contributed by atoms with van der Waals surface area (Å²) in [7, 11) is 1.56. The lowest BCUT2D eigenvalue weighted by Crippen LogP contribution is -2.43. The van der Waals surface area contributed by atoms with Crippen molar-refractivity contribution in [1.29, 1.82) is 0 Å². The van der Waals surface area contributed by atoms with Gasteiger partial charge in [0.15, 0.2) is 0 Å². The maximum absolute atomic E-state index is 14.5. The molecule has 0 bridgehead atoms. The van der Waals surface area contributed by atoms with Crippen molar-refractivity contribution in [2.45, 2.75) is 19.1 Å². The number of carbonyl (C=O) groups is 2. The van der Waals surface area contributed by atoms with E-state index in [9.17, 15) is 14.0 Å². The average Bonchev–Trinajstić information content (AvgIpc) is 3.27. The van der Waals surface area contributed by atoms with Crippen molar-refractivity contribution in [2.75, 3.05) is 37.5 Å². The van der Waals surface area contributed by atoms with Crippen LogP contribution in [0.2, 0.25) is 0 Å². The zero-order chi connectivity index (χ0) is 28.2. The number of benzene rings is 3. The van der Waals surface area contributed by atoms with Crippen molar-refractivity contribution >= 4 is 29.4 Å². The van der Waals surface area contributed by atoms with Crippen LogP contribution in [-0.2, 0) is 14.3 Å². The molecule has 0 saturated carbocycles. The maximum atomic E-state index is 14.5. The molecule has 0 unspecified atom stereocenters. The van der Waals surface area contributed by atoms with Crippen LogP contribution in [0.5, 0.6) is 0 Å². The summed E-state index contributed by atoms with van der Waals surface area (Å²) in [5.74, 6) is -0.257. The lowest BCUT2D eigenvalue weighted by molar-refractivity contribution is -0.123. The second-order valence-corrected chi connectivity index (χ2v) is 10.7. The number of hydrogen-bond acceptors (Lipinski definition) is 5. The minimum Gasteiger partial charge on any atom is -0.383 e. The van der Waals surface area contributed by atoms with Gasteiger partial charge in [0.25, 0.3) is 0 Å². The van der Waals surface area contributed by atoms with E-state index in [0.29, 0.717) is 24.7 Å². The number of nitrogens with one attached hydrogen (secondary N) is 1. The molecule has 4 aromatic rings. The number of fused-ring (bicyclic) bond motifs is 1. The first-order valence-corrected chi connectivity index (χ1v) is 14.1.